The number of aryl methyl sites for hydroxylation is 1. The fourth-order valence-electron chi connectivity index (χ4n) is 1.34. The van der Waals surface area contributed by atoms with E-state index in [1.807, 2.05) is 0 Å². The van der Waals surface area contributed by atoms with Crippen molar-refractivity contribution < 1.29 is 26.7 Å². The highest BCUT2D eigenvalue weighted by Crippen LogP contribution is 2.17. The molecule has 1 rings (SSSR count). The van der Waals surface area contributed by atoms with Gasteiger partial charge in [0.1, 0.15) is 13.2 Å². The molecule has 110 valence electrons. The van der Waals surface area contributed by atoms with Crippen molar-refractivity contribution in [3.05, 3.63) is 29.3 Å². The van der Waals surface area contributed by atoms with Gasteiger partial charge >= 0.3 is 6.18 Å². The van der Waals surface area contributed by atoms with Gasteiger partial charge in [0, 0.05) is 5.56 Å². The maximum atomic E-state index is 12.0. The third-order valence-corrected chi connectivity index (χ3v) is 3.67. The van der Waals surface area contributed by atoms with Crippen molar-refractivity contribution >= 4 is 10.0 Å². The van der Waals surface area contributed by atoms with E-state index < -0.39 is 22.7 Å². The molecule has 0 heterocycles. The van der Waals surface area contributed by atoms with E-state index in [1.165, 1.54) is 16.9 Å². The van der Waals surface area contributed by atoms with Gasteiger partial charge in [0.15, 0.2) is 0 Å². The summed E-state index contributed by atoms with van der Waals surface area (Å²) in [4.78, 5) is -0.270. The first-order chi connectivity index (χ1) is 9.15. The lowest BCUT2D eigenvalue weighted by Gasteiger charge is -2.10. The Hall–Kier alpha value is -1.56. The molecule has 0 aliphatic carbocycles. The van der Waals surface area contributed by atoms with Gasteiger partial charge in [-0.2, -0.15) is 13.2 Å². The Labute approximate surface area is 114 Å². The molecule has 2 N–H and O–H groups in total. The SMILES string of the molecule is Cc1cc(S(=O)(=O)NCC(F)(F)F)ccc1C#CCO. The number of hydrogen-bond donors (Lipinski definition) is 2. The largest absolute Gasteiger partial charge is 0.402 e. The summed E-state index contributed by atoms with van der Waals surface area (Å²) in [6.07, 6.45) is -4.62. The molecule has 0 aromatic heterocycles. The summed E-state index contributed by atoms with van der Waals surface area (Å²) in [6, 6.07) is 3.76. The minimum absolute atomic E-state index is 0.270. The zero-order valence-electron chi connectivity index (χ0n) is 10.5. The molecule has 0 saturated carbocycles. The molecule has 0 fully saturated rings. The Kier molecular flexibility index (Phi) is 5.16. The summed E-state index contributed by atoms with van der Waals surface area (Å²) in [5.41, 5.74) is 0.981. The second kappa shape index (κ2) is 6.26. The van der Waals surface area contributed by atoms with Crippen LogP contribution in [0.5, 0.6) is 0 Å². The molecule has 4 nitrogen and oxygen atoms in total. The topological polar surface area (TPSA) is 66.4 Å². The van der Waals surface area contributed by atoms with E-state index in [-0.39, 0.29) is 11.5 Å². The number of sulfonamides is 1. The van der Waals surface area contributed by atoms with Crippen LogP contribution in [-0.4, -0.2) is 32.9 Å². The van der Waals surface area contributed by atoms with Crippen LogP contribution in [0.1, 0.15) is 11.1 Å². The summed E-state index contributed by atoms with van der Waals surface area (Å²) in [5.74, 6) is 5.00. The molecule has 0 aliphatic rings. The zero-order chi connectivity index (χ0) is 15.4. The summed E-state index contributed by atoms with van der Waals surface area (Å²) >= 11 is 0. The molecule has 20 heavy (non-hydrogen) atoms. The van der Waals surface area contributed by atoms with Crippen molar-refractivity contribution in [2.75, 3.05) is 13.2 Å². The fourth-order valence-corrected chi connectivity index (χ4v) is 2.44. The molecule has 8 heteroatoms. The monoisotopic (exact) mass is 307 g/mol. The lowest BCUT2D eigenvalue weighted by atomic mass is 10.1. The van der Waals surface area contributed by atoms with E-state index in [1.54, 1.807) is 6.92 Å². The predicted molar refractivity (Wildman–Crippen MR) is 66.4 cm³/mol. The Morgan fingerprint density at radius 1 is 1.35 bits per heavy atom. The van der Waals surface area contributed by atoms with Gasteiger partial charge < -0.3 is 5.11 Å². The first kappa shape index (κ1) is 16.5. The van der Waals surface area contributed by atoms with Gasteiger partial charge in [-0.15, -0.1) is 0 Å². The molecular weight excluding hydrogens is 295 g/mol. The average molecular weight is 307 g/mol. The summed E-state index contributed by atoms with van der Waals surface area (Å²) in [6.45, 7) is -0.392. The summed E-state index contributed by atoms with van der Waals surface area (Å²) in [5, 5.41) is 8.56. The van der Waals surface area contributed by atoms with Crippen molar-refractivity contribution in [1.82, 2.24) is 4.72 Å². The van der Waals surface area contributed by atoms with Crippen molar-refractivity contribution in [2.45, 2.75) is 18.0 Å². The standard InChI is InChI=1S/C12H12F3NO3S/c1-9-7-11(5-4-10(9)3-2-6-17)20(18,19)16-8-12(13,14)15/h4-5,7,16-17H,6,8H2,1H3. The van der Waals surface area contributed by atoms with E-state index in [0.717, 1.165) is 6.07 Å². The fraction of sp³-hybridized carbons (Fsp3) is 0.333. The molecular formula is C12H12F3NO3S. The van der Waals surface area contributed by atoms with E-state index >= 15 is 0 Å². The minimum Gasteiger partial charge on any atom is -0.384 e. The molecule has 1 aromatic carbocycles. The van der Waals surface area contributed by atoms with Crippen LogP contribution >= 0.6 is 0 Å². The Morgan fingerprint density at radius 3 is 2.50 bits per heavy atom. The molecule has 1 aromatic rings. The van der Waals surface area contributed by atoms with E-state index in [2.05, 4.69) is 11.8 Å². The number of halogens is 3. The quantitative estimate of drug-likeness (QED) is 0.824. The normalized spacial score (nSPS) is 11.8. The highest BCUT2D eigenvalue weighted by Gasteiger charge is 2.30. The summed E-state index contributed by atoms with van der Waals surface area (Å²) < 4.78 is 60.9. The van der Waals surface area contributed by atoms with Crippen LogP contribution in [0.3, 0.4) is 0 Å². The Balaban J connectivity index is 3.00. The maximum Gasteiger partial charge on any atom is 0.402 e. The zero-order valence-corrected chi connectivity index (χ0v) is 11.3. The third kappa shape index (κ3) is 4.85. The van der Waals surface area contributed by atoms with Gasteiger partial charge in [0.05, 0.1) is 4.90 Å². The van der Waals surface area contributed by atoms with Gasteiger partial charge in [-0.05, 0) is 30.7 Å². The molecule has 0 bridgehead atoms. The van der Waals surface area contributed by atoms with Crippen LogP contribution in [0, 0.1) is 18.8 Å². The second-order valence-electron chi connectivity index (χ2n) is 3.88. The molecule has 0 atom stereocenters. The minimum atomic E-state index is -4.62. The highest BCUT2D eigenvalue weighted by atomic mass is 32.2. The molecule has 0 radical (unpaired) electrons. The van der Waals surface area contributed by atoms with Crippen molar-refractivity contribution in [2.24, 2.45) is 0 Å². The van der Waals surface area contributed by atoms with Crippen LogP contribution in [-0.2, 0) is 10.0 Å². The predicted octanol–water partition coefficient (Wildman–Crippen LogP) is 1.18. The Morgan fingerprint density at radius 2 is 2.00 bits per heavy atom. The first-order valence-electron chi connectivity index (χ1n) is 5.42. The average Bonchev–Trinajstić information content (AvgIpc) is 2.34. The van der Waals surface area contributed by atoms with Gasteiger partial charge in [-0.25, -0.2) is 13.1 Å². The third-order valence-electron chi connectivity index (χ3n) is 2.27. The molecule has 0 aliphatic heterocycles. The number of hydrogen-bond acceptors (Lipinski definition) is 3. The molecule has 0 spiro atoms. The Bertz CT molecular complexity index is 642. The van der Waals surface area contributed by atoms with E-state index in [4.69, 9.17) is 5.11 Å². The number of benzene rings is 1. The van der Waals surface area contributed by atoms with E-state index in [9.17, 15) is 21.6 Å². The van der Waals surface area contributed by atoms with Crippen molar-refractivity contribution in [1.29, 1.82) is 0 Å². The highest BCUT2D eigenvalue weighted by molar-refractivity contribution is 7.89. The van der Waals surface area contributed by atoms with Gasteiger partial charge in [-0.1, -0.05) is 11.8 Å². The lowest BCUT2D eigenvalue weighted by Crippen LogP contribution is -2.33. The molecule has 0 saturated heterocycles. The van der Waals surface area contributed by atoms with Crippen molar-refractivity contribution in [3.63, 3.8) is 0 Å². The van der Waals surface area contributed by atoms with Gasteiger partial charge in [-0.3, -0.25) is 0 Å². The smallest absolute Gasteiger partial charge is 0.384 e. The van der Waals surface area contributed by atoms with Crippen LogP contribution in [0.15, 0.2) is 23.1 Å². The number of nitrogens with one attached hydrogen (secondary N) is 1. The van der Waals surface area contributed by atoms with Crippen LogP contribution in [0.25, 0.3) is 0 Å². The van der Waals surface area contributed by atoms with Crippen LogP contribution < -0.4 is 4.72 Å². The molecule has 0 amide bonds. The lowest BCUT2D eigenvalue weighted by molar-refractivity contribution is -0.121. The van der Waals surface area contributed by atoms with Gasteiger partial charge in [0.25, 0.3) is 0 Å². The number of aliphatic hydroxyl groups excluding tert-OH is 1. The van der Waals surface area contributed by atoms with Crippen LogP contribution in [0.4, 0.5) is 13.2 Å². The number of rotatable bonds is 3. The maximum absolute atomic E-state index is 12.0. The number of aliphatic hydroxyl groups is 1. The van der Waals surface area contributed by atoms with Crippen molar-refractivity contribution in [3.8, 4) is 11.8 Å². The van der Waals surface area contributed by atoms with Gasteiger partial charge in [0.2, 0.25) is 10.0 Å². The number of alkyl halides is 3. The van der Waals surface area contributed by atoms with Crippen LogP contribution in [0.2, 0.25) is 0 Å². The first-order valence-corrected chi connectivity index (χ1v) is 6.91. The van der Waals surface area contributed by atoms with E-state index in [0.29, 0.717) is 11.1 Å². The molecule has 0 unspecified atom stereocenters. The summed E-state index contributed by atoms with van der Waals surface area (Å²) in [7, 11) is -4.22. The second-order valence-corrected chi connectivity index (χ2v) is 5.64.